The molecule has 0 aliphatic rings. The number of hydrogen-bond acceptors (Lipinski definition) is 4. The highest BCUT2D eigenvalue weighted by atomic mass is 32.1. The van der Waals surface area contributed by atoms with Crippen molar-refractivity contribution in [2.45, 2.75) is 26.3 Å². The van der Waals surface area contributed by atoms with E-state index in [1.807, 2.05) is 5.38 Å². The van der Waals surface area contributed by atoms with Crippen molar-refractivity contribution in [1.29, 1.82) is 0 Å². The fourth-order valence-corrected chi connectivity index (χ4v) is 4.20. The summed E-state index contributed by atoms with van der Waals surface area (Å²) >= 11 is 1.46. The third-order valence-electron chi connectivity index (χ3n) is 5.00. The van der Waals surface area contributed by atoms with E-state index in [0.29, 0.717) is 17.8 Å². The number of hydrogen-bond donors (Lipinski definition) is 1. The van der Waals surface area contributed by atoms with Crippen LogP contribution in [0.25, 0.3) is 21.3 Å². The zero-order valence-electron chi connectivity index (χ0n) is 16.1. The lowest BCUT2D eigenvalue weighted by atomic mass is 9.99. The van der Waals surface area contributed by atoms with E-state index in [-0.39, 0.29) is 11.1 Å². The number of carboxylic acids is 1. The summed E-state index contributed by atoms with van der Waals surface area (Å²) in [6.45, 7) is 4.64. The van der Waals surface area contributed by atoms with Gasteiger partial charge in [-0.25, -0.2) is 9.78 Å². The lowest BCUT2D eigenvalue weighted by molar-refractivity contribution is 0.0697. The molecule has 1 N–H and O–H groups in total. The molecule has 2 aromatic heterocycles. The lowest BCUT2D eigenvalue weighted by Crippen LogP contribution is -2.21. The van der Waals surface area contributed by atoms with Crippen molar-refractivity contribution in [2.24, 2.45) is 0 Å². The van der Waals surface area contributed by atoms with Crippen LogP contribution < -0.4 is 5.56 Å². The second kappa shape index (κ2) is 7.64. The summed E-state index contributed by atoms with van der Waals surface area (Å²) in [4.78, 5) is 29.4. The SMILES string of the molecule is CC(C)c1ccc(-c2csc3ncn(Cc4ccc(C(=O)O)cc4)c(=O)c23)cc1. The van der Waals surface area contributed by atoms with Gasteiger partial charge in [0.1, 0.15) is 4.83 Å². The molecule has 0 spiro atoms. The summed E-state index contributed by atoms with van der Waals surface area (Å²) in [7, 11) is 0. The first-order valence-corrected chi connectivity index (χ1v) is 10.2. The number of benzene rings is 2. The predicted octanol–water partition coefficient (Wildman–Crippen LogP) is 4.99. The van der Waals surface area contributed by atoms with E-state index in [2.05, 4.69) is 43.1 Å². The van der Waals surface area contributed by atoms with E-state index in [9.17, 15) is 9.59 Å². The topological polar surface area (TPSA) is 72.2 Å². The van der Waals surface area contributed by atoms with E-state index in [1.54, 1.807) is 35.2 Å². The molecule has 0 aliphatic carbocycles. The largest absolute Gasteiger partial charge is 0.478 e. The minimum atomic E-state index is -0.969. The molecule has 0 saturated carbocycles. The molecule has 4 rings (SSSR count). The summed E-state index contributed by atoms with van der Waals surface area (Å²) in [5.41, 5.74) is 4.13. The Hall–Kier alpha value is -3.25. The third-order valence-corrected chi connectivity index (χ3v) is 5.89. The van der Waals surface area contributed by atoms with Gasteiger partial charge in [-0.05, 0) is 34.7 Å². The molecule has 2 heterocycles. The van der Waals surface area contributed by atoms with Crippen molar-refractivity contribution in [3.63, 3.8) is 0 Å². The van der Waals surface area contributed by atoms with Crippen LogP contribution in [0.3, 0.4) is 0 Å². The summed E-state index contributed by atoms with van der Waals surface area (Å²) in [6.07, 6.45) is 1.55. The van der Waals surface area contributed by atoms with Gasteiger partial charge in [-0.1, -0.05) is 50.2 Å². The van der Waals surface area contributed by atoms with Crippen LogP contribution in [0, 0.1) is 0 Å². The number of aromatic nitrogens is 2. The van der Waals surface area contributed by atoms with Crippen LogP contribution in [0.5, 0.6) is 0 Å². The molecule has 0 aliphatic heterocycles. The number of thiophene rings is 1. The summed E-state index contributed by atoms with van der Waals surface area (Å²) in [5.74, 6) is -0.516. The van der Waals surface area contributed by atoms with E-state index in [0.717, 1.165) is 21.5 Å². The fraction of sp³-hybridized carbons (Fsp3) is 0.174. The first-order valence-electron chi connectivity index (χ1n) is 9.33. The second-order valence-corrected chi connectivity index (χ2v) is 8.14. The van der Waals surface area contributed by atoms with Crippen LogP contribution in [0.15, 0.2) is 65.0 Å². The molecule has 0 fully saturated rings. The molecule has 6 heteroatoms. The van der Waals surface area contributed by atoms with Gasteiger partial charge in [-0.15, -0.1) is 11.3 Å². The molecular formula is C23H20N2O3S. The van der Waals surface area contributed by atoms with E-state index >= 15 is 0 Å². The van der Waals surface area contributed by atoms with Crippen molar-refractivity contribution in [3.8, 4) is 11.1 Å². The van der Waals surface area contributed by atoms with Crippen molar-refractivity contribution in [1.82, 2.24) is 9.55 Å². The highest BCUT2D eigenvalue weighted by Crippen LogP contribution is 2.31. The zero-order valence-corrected chi connectivity index (χ0v) is 16.9. The summed E-state index contributed by atoms with van der Waals surface area (Å²) in [6, 6.07) is 14.8. The summed E-state index contributed by atoms with van der Waals surface area (Å²) < 4.78 is 1.57. The van der Waals surface area contributed by atoms with Gasteiger partial charge in [0.2, 0.25) is 0 Å². The Morgan fingerprint density at radius 3 is 2.41 bits per heavy atom. The molecule has 0 bridgehead atoms. The van der Waals surface area contributed by atoms with Crippen LogP contribution in [-0.2, 0) is 6.54 Å². The number of rotatable bonds is 5. The normalized spacial score (nSPS) is 11.3. The maximum Gasteiger partial charge on any atom is 0.335 e. The van der Waals surface area contributed by atoms with Gasteiger partial charge in [-0.2, -0.15) is 0 Å². The third kappa shape index (κ3) is 3.71. The molecule has 146 valence electrons. The average Bonchev–Trinajstić information content (AvgIpc) is 3.15. The Morgan fingerprint density at radius 2 is 1.79 bits per heavy atom. The molecular weight excluding hydrogens is 384 g/mol. The molecule has 0 radical (unpaired) electrons. The van der Waals surface area contributed by atoms with E-state index in [4.69, 9.17) is 5.11 Å². The van der Waals surface area contributed by atoms with Crippen molar-refractivity contribution in [2.75, 3.05) is 0 Å². The van der Waals surface area contributed by atoms with Crippen molar-refractivity contribution < 1.29 is 9.90 Å². The van der Waals surface area contributed by atoms with Crippen LogP contribution in [0.1, 0.15) is 41.3 Å². The van der Waals surface area contributed by atoms with E-state index < -0.39 is 5.97 Å². The number of carboxylic acid groups (broad SMARTS) is 1. The van der Waals surface area contributed by atoms with Crippen LogP contribution in [0.2, 0.25) is 0 Å². The zero-order chi connectivity index (χ0) is 20.5. The Balaban J connectivity index is 1.72. The number of aromatic carboxylic acids is 1. The Bertz CT molecular complexity index is 1240. The van der Waals surface area contributed by atoms with Gasteiger partial charge in [0.25, 0.3) is 5.56 Å². The van der Waals surface area contributed by atoms with Gasteiger partial charge in [0, 0.05) is 10.9 Å². The van der Waals surface area contributed by atoms with E-state index in [1.165, 1.54) is 16.9 Å². The predicted molar refractivity (Wildman–Crippen MR) is 116 cm³/mol. The number of fused-ring (bicyclic) bond motifs is 1. The Kier molecular flexibility index (Phi) is 5.03. The number of nitrogens with zero attached hydrogens (tertiary/aromatic N) is 2. The molecule has 0 amide bonds. The number of carbonyl (C=O) groups is 1. The first-order chi connectivity index (χ1) is 13.9. The average molecular weight is 404 g/mol. The second-order valence-electron chi connectivity index (χ2n) is 7.29. The van der Waals surface area contributed by atoms with Gasteiger partial charge in [0.05, 0.1) is 23.8 Å². The smallest absolute Gasteiger partial charge is 0.335 e. The molecule has 2 aromatic carbocycles. The van der Waals surface area contributed by atoms with Gasteiger partial charge >= 0.3 is 5.97 Å². The fourth-order valence-electron chi connectivity index (χ4n) is 3.29. The lowest BCUT2D eigenvalue weighted by Gasteiger charge is -2.08. The van der Waals surface area contributed by atoms with Crippen molar-refractivity contribution >= 4 is 27.5 Å². The maximum absolute atomic E-state index is 13.2. The van der Waals surface area contributed by atoms with Gasteiger partial charge in [-0.3, -0.25) is 9.36 Å². The Labute approximate surface area is 171 Å². The molecule has 0 saturated heterocycles. The van der Waals surface area contributed by atoms with Crippen LogP contribution in [0.4, 0.5) is 0 Å². The quantitative estimate of drug-likeness (QED) is 0.508. The molecule has 5 nitrogen and oxygen atoms in total. The van der Waals surface area contributed by atoms with Gasteiger partial charge in [0.15, 0.2) is 0 Å². The van der Waals surface area contributed by atoms with Crippen LogP contribution in [-0.4, -0.2) is 20.6 Å². The first kappa shape index (κ1) is 19.1. The van der Waals surface area contributed by atoms with Gasteiger partial charge < -0.3 is 5.11 Å². The molecule has 0 unspecified atom stereocenters. The Morgan fingerprint density at radius 1 is 1.10 bits per heavy atom. The minimum absolute atomic E-state index is 0.0958. The highest BCUT2D eigenvalue weighted by molar-refractivity contribution is 7.17. The van der Waals surface area contributed by atoms with Crippen LogP contribution >= 0.6 is 11.3 Å². The monoisotopic (exact) mass is 404 g/mol. The maximum atomic E-state index is 13.2. The molecule has 4 aromatic rings. The summed E-state index contributed by atoms with van der Waals surface area (Å²) in [5, 5.41) is 11.6. The molecule has 29 heavy (non-hydrogen) atoms. The minimum Gasteiger partial charge on any atom is -0.478 e. The highest BCUT2D eigenvalue weighted by Gasteiger charge is 2.14. The standard InChI is InChI=1S/C23H20N2O3S/c1-14(2)16-7-9-17(10-8-16)19-12-29-21-20(19)22(26)25(13-24-21)11-15-3-5-18(6-4-15)23(27)28/h3-10,12-14H,11H2,1-2H3,(H,27,28). The van der Waals surface area contributed by atoms with Crippen molar-refractivity contribution in [3.05, 3.63) is 87.3 Å². The molecule has 0 atom stereocenters.